The molecule has 0 N–H and O–H groups in total. The molecule has 2 aromatic carbocycles. The minimum atomic E-state index is -0.465. The quantitative estimate of drug-likeness (QED) is 0.498. The van der Waals surface area contributed by atoms with E-state index in [4.69, 9.17) is 21.1 Å². The van der Waals surface area contributed by atoms with Gasteiger partial charge in [0.2, 0.25) is 0 Å². The third kappa shape index (κ3) is 4.13. The van der Waals surface area contributed by atoms with Gasteiger partial charge in [0.25, 0.3) is 0 Å². The second-order valence-corrected chi connectivity index (χ2v) is 6.65. The van der Waals surface area contributed by atoms with Gasteiger partial charge in [-0.15, -0.1) is 0 Å². The van der Waals surface area contributed by atoms with Gasteiger partial charge in [-0.25, -0.2) is 4.39 Å². The number of carbonyl (C=O) groups is 1. The second kappa shape index (κ2) is 7.44. The van der Waals surface area contributed by atoms with Gasteiger partial charge in [0.1, 0.15) is 23.9 Å². The molecule has 0 spiro atoms. The van der Waals surface area contributed by atoms with E-state index < -0.39 is 11.8 Å². The number of hydrogen-bond acceptors (Lipinski definition) is 3. The molecule has 1 fully saturated rings. The molecule has 0 bridgehead atoms. The maximum atomic E-state index is 14.2. The molecule has 25 heavy (non-hydrogen) atoms. The van der Waals surface area contributed by atoms with Crippen LogP contribution in [-0.2, 0) is 11.4 Å². The summed E-state index contributed by atoms with van der Waals surface area (Å²) in [4.78, 5) is 11.5. The summed E-state index contributed by atoms with van der Waals surface area (Å²) in [5.41, 5.74) is 2.33. The molecule has 1 saturated carbocycles. The Morgan fingerprint density at radius 3 is 2.72 bits per heavy atom. The number of esters is 1. The van der Waals surface area contributed by atoms with Crippen molar-refractivity contribution in [1.29, 1.82) is 0 Å². The van der Waals surface area contributed by atoms with Gasteiger partial charge in [-0.2, -0.15) is 0 Å². The van der Waals surface area contributed by atoms with E-state index in [1.54, 1.807) is 19.1 Å². The fraction of sp³-hybridized carbons (Fsp3) is 0.350. The molecule has 132 valence electrons. The van der Waals surface area contributed by atoms with Crippen LogP contribution in [-0.4, -0.2) is 5.97 Å². The molecule has 5 heteroatoms. The fourth-order valence-electron chi connectivity index (χ4n) is 2.64. The van der Waals surface area contributed by atoms with E-state index >= 15 is 0 Å². The van der Waals surface area contributed by atoms with E-state index in [-0.39, 0.29) is 24.3 Å². The molecule has 0 unspecified atom stereocenters. The molecule has 0 radical (unpaired) electrons. The smallest absolute Gasteiger partial charge is 0.310 e. The Morgan fingerprint density at radius 2 is 2.04 bits per heavy atom. The van der Waals surface area contributed by atoms with Gasteiger partial charge in [0, 0.05) is 11.4 Å². The maximum Gasteiger partial charge on any atom is 0.310 e. The minimum Gasteiger partial charge on any atom is -0.488 e. The van der Waals surface area contributed by atoms with E-state index in [1.165, 1.54) is 12.1 Å². The van der Waals surface area contributed by atoms with Gasteiger partial charge in [0.15, 0.2) is 0 Å². The number of benzene rings is 2. The van der Waals surface area contributed by atoms with E-state index in [0.717, 1.165) is 24.0 Å². The normalized spacial score (nSPS) is 13.6. The minimum absolute atomic E-state index is 0.0297. The number of rotatable bonds is 6. The Kier molecular flexibility index (Phi) is 5.28. The first-order valence-electron chi connectivity index (χ1n) is 8.40. The van der Waals surface area contributed by atoms with E-state index in [2.05, 4.69) is 0 Å². The predicted molar refractivity (Wildman–Crippen MR) is 94.8 cm³/mol. The second-order valence-electron chi connectivity index (χ2n) is 6.25. The Hall–Kier alpha value is -2.07. The van der Waals surface area contributed by atoms with Crippen molar-refractivity contribution in [2.45, 2.75) is 45.6 Å². The van der Waals surface area contributed by atoms with Gasteiger partial charge >= 0.3 is 5.97 Å². The molecule has 1 aliphatic carbocycles. The average Bonchev–Trinajstić information content (AvgIpc) is 3.42. The van der Waals surface area contributed by atoms with E-state index in [0.29, 0.717) is 16.7 Å². The summed E-state index contributed by atoms with van der Waals surface area (Å²) in [5.74, 6) is 0.451. The molecule has 3 rings (SSSR count). The highest BCUT2D eigenvalue weighted by atomic mass is 35.5. The molecule has 0 aliphatic heterocycles. The third-order valence-electron chi connectivity index (χ3n) is 4.27. The number of carbonyl (C=O) groups excluding carboxylic acids is 1. The molecule has 0 atom stereocenters. The lowest BCUT2D eigenvalue weighted by atomic mass is 10.1. The number of ether oxygens (including phenoxy) is 2. The molecule has 3 nitrogen and oxygen atoms in total. The Bertz CT molecular complexity index is 800. The van der Waals surface area contributed by atoms with Crippen molar-refractivity contribution in [1.82, 2.24) is 0 Å². The lowest BCUT2D eigenvalue weighted by molar-refractivity contribution is -0.134. The molecule has 0 amide bonds. The summed E-state index contributed by atoms with van der Waals surface area (Å²) in [7, 11) is 0. The molecule has 0 saturated heterocycles. The summed E-state index contributed by atoms with van der Waals surface area (Å²) in [6.07, 6.45) is 2.46. The predicted octanol–water partition coefficient (Wildman–Crippen LogP) is 5.56. The Morgan fingerprint density at radius 1 is 1.28 bits per heavy atom. The summed E-state index contributed by atoms with van der Waals surface area (Å²) in [6, 6.07) is 8.22. The molecule has 2 aromatic rings. The number of halogens is 2. The van der Waals surface area contributed by atoms with Crippen molar-refractivity contribution >= 4 is 17.6 Å². The Labute approximate surface area is 151 Å². The van der Waals surface area contributed by atoms with Crippen molar-refractivity contribution < 1.29 is 18.7 Å². The molecular weight excluding hydrogens is 343 g/mol. The standard InChI is InChI=1S/C20H20ClFO3/c1-3-20(23)25-18-6-4-5-17(22)15(18)11-24-19-10-16(21)12(2)9-14(19)13-7-8-13/h4-6,9-10,13H,3,7-8,11H2,1-2H3. The van der Waals surface area contributed by atoms with Gasteiger partial charge in [-0.05, 0) is 55.0 Å². The monoisotopic (exact) mass is 362 g/mol. The van der Waals surface area contributed by atoms with Crippen LogP contribution in [0, 0.1) is 12.7 Å². The van der Waals surface area contributed by atoms with Crippen molar-refractivity contribution in [3.8, 4) is 11.5 Å². The van der Waals surface area contributed by atoms with Crippen LogP contribution in [0.25, 0.3) is 0 Å². The Balaban J connectivity index is 1.85. The third-order valence-corrected chi connectivity index (χ3v) is 4.68. The lowest BCUT2D eigenvalue weighted by Crippen LogP contribution is -2.10. The van der Waals surface area contributed by atoms with Crippen molar-refractivity contribution in [3.05, 3.63) is 57.9 Å². The fourth-order valence-corrected chi connectivity index (χ4v) is 2.80. The topological polar surface area (TPSA) is 35.5 Å². The van der Waals surface area contributed by atoms with Gasteiger partial charge < -0.3 is 9.47 Å². The first-order valence-corrected chi connectivity index (χ1v) is 8.78. The molecule has 0 heterocycles. The van der Waals surface area contributed by atoms with Crippen LogP contribution in [0.2, 0.25) is 5.02 Å². The van der Waals surface area contributed by atoms with Gasteiger partial charge in [0.05, 0.1) is 5.56 Å². The highest BCUT2D eigenvalue weighted by Crippen LogP contribution is 2.46. The SMILES string of the molecule is CCC(=O)Oc1cccc(F)c1COc1cc(Cl)c(C)cc1C1CC1. The summed E-state index contributed by atoms with van der Waals surface area (Å²) < 4.78 is 25.3. The zero-order chi connectivity index (χ0) is 18.0. The number of aryl methyl sites for hydroxylation is 1. The first-order chi connectivity index (χ1) is 12.0. The summed E-state index contributed by atoms with van der Waals surface area (Å²) >= 11 is 6.22. The number of hydrogen-bond donors (Lipinski definition) is 0. The first kappa shape index (κ1) is 17.7. The van der Waals surface area contributed by atoms with Crippen LogP contribution in [0.4, 0.5) is 4.39 Å². The van der Waals surface area contributed by atoms with Crippen LogP contribution in [0.15, 0.2) is 30.3 Å². The average molecular weight is 363 g/mol. The zero-order valence-corrected chi connectivity index (χ0v) is 15.0. The van der Waals surface area contributed by atoms with Crippen molar-refractivity contribution in [2.75, 3.05) is 0 Å². The molecular formula is C20H20ClFO3. The summed E-state index contributed by atoms with van der Waals surface area (Å²) in [5, 5.41) is 0.616. The molecule has 0 aromatic heterocycles. The van der Waals surface area contributed by atoms with E-state index in [1.807, 2.05) is 13.0 Å². The van der Waals surface area contributed by atoms with Crippen LogP contribution in [0.1, 0.15) is 48.8 Å². The van der Waals surface area contributed by atoms with Crippen LogP contribution in [0.5, 0.6) is 11.5 Å². The van der Waals surface area contributed by atoms with Crippen molar-refractivity contribution in [3.63, 3.8) is 0 Å². The van der Waals surface area contributed by atoms with Crippen molar-refractivity contribution in [2.24, 2.45) is 0 Å². The maximum absolute atomic E-state index is 14.2. The largest absolute Gasteiger partial charge is 0.488 e. The van der Waals surface area contributed by atoms with Crippen LogP contribution < -0.4 is 9.47 Å². The lowest BCUT2D eigenvalue weighted by Gasteiger charge is -2.15. The van der Waals surface area contributed by atoms with Gasteiger partial charge in [-0.3, -0.25) is 4.79 Å². The van der Waals surface area contributed by atoms with E-state index in [9.17, 15) is 9.18 Å². The van der Waals surface area contributed by atoms with Crippen LogP contribution >= 0.6 is 11.6 Å². The van der Waals surface area contributed by atoms with Crippen LogP contribution in [0.3, 0.4) is 0 Å². The molecule has 1 aliphatic rings. The highest BCUT2D eigenvalue weighted by Gasteiger charge is 2.28. The zero-order valence-electron chi connectivity index (χ0n) is 14.3. The summed E-state index contributed by atoms with van der Waals surface area (Å²) in [6.45, 7) is 3.61. The van der Waals surface area contributed by atoms with Gasteiger partial charge in [-0.1, -0.05) is 30.7 Å². The highest BCUT2D eigenvalue weighted by molar-refractivity contribution is 6.31.